The summed E-state index contributed by atoms with van der Waals surface area (Å²) in [6.07, 6.45) is 0.745. The fourth-order valence-corrected chi connectivity index (χ4v) is 5.08. The summed E-state index contributed by atoms with van der Waals surface area (Å²) in [5.41, 5.74) is 0.777. The van der Waals surface area contributed by atoms with Crippen molar-refractivity contribution in [3.63, 3.8) is 0 Å². The molecule has 0 saturated carbocycles. The van der Waals surface area contributed by atoms with Crippen LogP contribution in [0.1, 0.15) is 12.0 Å². The van der Waals surface area contributed by atoms with Crippen LogP contribution in [-0.4, -0.2) is 49.7 Å². The number of aryl methyl sites for hydroxylation is 1. The molecule has 0 N–H and O–H groups in total. The molecule has 0 unspecified atom stereocenters. The van der Waals surface area contributed by atoms with E-state index in [0.29, 0.717) is 24.0 Å². The third-order valence-corrected chi connectivity index (χ3v) is 6.93. The van der Waals surface area contributed by atoms with Gasteiger partial charge in [-0.25, -0.2) is 12.8 Å². The maximum atomic E-state index is 13.2. The summed E-state index contributed by atoms with van der Waals surface area (Å²) in [6, 6.07) is 12.8. The number of carbonyl (C=O) groups excluding carboxylic acids is 1. The largest absolute Gasteiger partial charge is 0.340 e. The molecule has 0 aromatic heterocycles. The molecule has 0 aliphatic carbocycles. The summed E-state index contributed by atoms with van der Waals surface area (Å²) in [7, 11) is -3.57. The van der Waals surface area contributed by atoms with Gasteiger partial charge in [-0.2, -0.15) is 4.31 Å². The Bertz CT molecular complexity index is 928. The highest BCUT2D eigenvalue weighted by Crippen LogP contribution is 2.21. The topological polar surface area (TPSA) is 57.7 Å². The number of piperazine rings is 1. The summed E-state index contributed by atoms with van der Waals surface area (Å²) < 4.78 is 40.8. The molecule has 27 heavy (non-hydrogen) atoms. The van der Waals surface area contributed by atoms with Crippen molar-refractivity contribution in [2.24, 2.45) is 0 Å². The number of nitrogens with zero attached hydrogens (tertiary/aromatic N) is 2. The van der Waals surface area contributed by atoms with Gasteiger partial charge >= 0.3 is 0 Å². The maximum Gasteiger partial charge on any atom is 0.243 e. The van der Waals surface area contributed by atoms with Crippen LogP contribution in [0.3, 0.4) is 0 Å². The standard InChI is InChI=1S/C19H20BrFN2O3S/c20-16-4-2-6-18(14-16)27(25,26)23-11-9-22(10-12-23)19(24)8-7-15-3-1-5-17(21)13-15/h1-6,13-14H,7-12H2. The van der Waals surface area contributed by atoms with Crippen LogP contribution in [-0.2, 0) is 21.2 Å². The van der Waals surface area contributed by atoms with Crippen molar-refractivity contribution < 1.29 is 17.6 Å². The molecule has 2 aromatic carbocycles. The monoisotopic (exact) mass is 454 g/mol. The lowest BCUT2D eigenvalue weighted by molar-refractivity contribution is -0.132. The van der Waals surface area contributed by atoms with Crippen LogP contribution < -0.4 is 0 Å². The SMILES string of the molecule is O=C(CCc1cccc(F)c1)N1CCN(S(=O)(=O)c2cccc(Br)c2)CC1. The van der Waals surface area contributed by atoms with Crippen molar-refractivity contribution in [2.45, 2.75) is 17.7 Å². The van der Waals surface area contributed by atoms with E-state index in [1.165, 1.54) is 16.4 Å². The van der Waals surface area contributed by atoms with Gasteiger partial charge in [0.1, 0.15) is 5.82 Å². The summed E-state index contributed by atoms with van der Waals surface area (Å²) >= 11 is 3.29. The number of sulfonamides is 1. The molecule has 0 radical (unpaired) electrons. The van der Waals surface area contributed by atoms with Gasteiger partial charge in [0.2, 0.25) is 15.9 Å². The van der Waals surface area contributed by atoms with Crippen molar-refractivity contribution in [1.82, 2.24) is 9.21 Å². The second-order valence-electron chi connectivity index (χ2n) is 6.37. The molecule has 0 atom stereocenters. The smallest absolute Gasteiger partial charge is 0.243 e. The lowest BCUT2D eigenvalue weighted by Crippen LogP contribution is -2.50. The van der Waals surface area contributed by atoms with Gasteiger partial charge < -0.3 is 4.90 Å². The average molecular weight is 455 g/mol. The van der Waals surface area contributed by atoms with Gasteiger partial charge in [0.05, 0.1) is 4.90 Å². The summed E-state index contributed by atoms with van der Waals surface area (Å²) in [4.78, 5) is 14.3. The minimum atomic E-state index is -3.57. The molecule has 5 nitrogen and oxygen atoms in total. The lowest BCUT2D eigenvalue weighted by atomic mass is 10.1. The first-order chi connectivity index (χ1) is 12.9. The molecule has 8 heteroatoms. The van der Waals surface area contributed by atoms with Gasteiger partial charge in [-0.05, 0) is 42.3 Å². The number of hydrogen-bond acceptors (Lipinski definition) is 3. The normalized spacial score (nSPS) is 15.7. The van der Waals surface area contributed by atoms with Crippen molar-refractivity contribution in [3.05, 3.63) is 64.4 Å². The second kappa shape index (κ2) is 8.50. The van der Waals surface area contributed by atoms with E-state index in [1.807, 2.05) is 0 Å². The summed E-state index contributed by atoms with van der Waals surface area (Å²) in [6.45, 7) is 1.24. The molecule has 3 rings (SSSR count). The van der Waals surface area contributed by atoms with Gasteiger partial charge in [-0.1, -0.05) is 34.1 Å². The molecule has 1 fully saturated rings. The highest BCUT2D eigenvalue weighted by Gasteiger charge is 2.30. The summed E-state index contributed by atoms with van der Waals surface area (Å²) in [5, 5.41) is 0. The van der Waals surface area contributed by atoms with Gasteiger partial charge in [-0.3, -0.25) is 4.79 Å². The lowest BCUT2D eigenvalue weighted by Gasteiger charge is -2.34. The average Bonchev–Trinajstić information content (AvgIpc) is 2.66. The van der Waals surface area contributed by atoms with E-state index in [0.717, 1.165) is 5.56 Å². The Kier molecular flexibility index (Phi) is 6.29. The molecule has 0 bridgehead atoms. The molecule has 0 spiro atoms. The van der Waals surface area contributed by atoms with Crippen LogP contribution in [0.5, 0.6) is 0 Å². The number of benzene rings is 2. The molecule has 1 amide bonds. The van der Waals surface area contributed by atoms with Gasteiger partial charge in [0, 0.05) is 37.1 Å². The third kappa shape index (κ3) is 4.94. The number of halogens is 2. The number of carbonyl (C=O) groups is 1. The Morgan fingerprint density at radius 2 is 1.74 bits per heavy atom. The Morgan fingerprint density at radius 3 is 2.41 bits per heavy atom. The van der Waals surface area contributed by atoms with Crippen molar-refractivity contribution in [2.75, 3.05) is 26.2 Å². The molecule has 1 saturated heterocycles. The highest BCUT2D eigenvalue weighted by molar-refractivity contribution is 9.10. The van der Waals surface area contributed by atoms with Gasteiger partial charge in [0.25, 0.3) is 0 Å². The van der Waals surface area contributed by atoms with Crippen LogP contribution in [0.2, 0.25) is 0 Å². The van der Waals surface area contributed by atoms with Crippen molar-refractivity contribution in [3.8, 4) is 0 Å². The Balaban J connectivity index is 1.56. The molecular formula is C19H20BrFN2O3S. The Hall–Kier alpha value is -1.77. The van der Waals surface area contributed by atoms with E-state index >= 15 is 0 Å². The van der Waals surface area contributed by atoms with E-state index in [9.17, 15) is 17.6 Å². The van der Waals surface area contributed by atoms with Crippen LogP contribution in [0, 0.1) is 5.82 Å². The van der Waals surface area contributed by atoms with E-state index in [-0.39, 0.29) is 36.1 Å². The molecular weight excluding hydrogens is 435 g/mol. The van der Waals surface area contributed by atoms with Crippen molar-refractivity contribution >= 4 is 31.9 Å². The second-order valence-corrected chi connectivity index (χ2v) is 9.23. The highest BCUT2D eigenvalue weighted by atomic mass is 79.9. The predicted molar refractivity (Wildman–Crippen MR) is 104 cm³/mol. The van der Waals surface area contributed by atoms with E-state index in [1.54, 1.807) is 41.3 Å². The number of hydrogen-bond donors (Lipinski definition) is 0. The van der Waals surface area contributed by atoms with Crippen LogP contribution in [0.15, 0.2) is 57.9 Å². The Labute approximate surface area is 167 Å². The van der Waals surface area contributed by atoms with Gasteiger partial charge in [0.15, 0.2) is 0 Å². The first-order valence-corrected chi connectivity index (χ1v) is 10.9. The van der Waals surface area contributed by atoms with Crippen LogP contribution in [0.25, 0.3) is 0 Å². The minimum absolute atomic E-state index is 0.0428. The molecule has 144 valence electrons. The maximum absolute atomic E-state index is 13.2. The third-order valence-electron chi connectivity index (χ3n) is 4.54. The fourth-order valence-electron chi connectivity index (χ4n) is 3.06. The first kappa shape index (κ1) is 20.0. The van der Waals surface area contributed by atoms with E-state index in [4.69, 9.17) is 0 Å². The zero-order valence-electron chi connectivity index (χ0n) is 14.6. The summed E-state index contributed by atoms with van der Waals surface area (Å²) in [5.74, 6) is -0.356. The van der Waals surface area contributed by atoms with Gasteiger partial charge in [-0.15, -0.1) is 0 Å². The van der Waals surface area contributed by atoms with E-state index < -0.39 is 10.0 Å². The molecule has 1 aliphatic heterocycles. The molecule has 1 heterocycles. The van der Waals surface area contributed by atoms with Crippen LogP contribution in [0.4, 0.5) is 4.39 Å². The minimum Gasteiger partial charge on any atom is -0.340 e. The zero-order valence-corrected chi connectivity index (χ0v) is 17.0. The zero-order chi connectivity index (χ0) is 19.4. The fraction of sp³-hybridized carbons (Fsp3) is 0.316. The number of rotatable bonds is 5. The molecule has 1 aliphatic rings. The van der Waals surface area contributed by atoms with Crippen molar-refractivity contribution in [1.29, 1.82) is 0 Å². The first-order valence-electron chi connectivity index (χ1n) is 8.64. The number of amides is 1. The molecule has 2 aromatic rings. The van der Waals surface area contributed by atoms with Crippen LogP contribution >= 0.6 is 15.9 Å². The Morgan fingerprint density at radius 1 is 1.04 bits per heavy atom. The quantitative estimate of drug-likeness (QED) is 0.697. The predicted octanol–water partition coefficient (Wildman–Crippen LogP) is 3.05. The van der Waals surface area contributed by atoms with E-state index in [2.05, 4.69) is 15.9 Å².